The maximum absolute atomic E-state index is 12.8. The van der Waals surface area contributed by atoms with Crippen LogP contribution in [-0.2, 0) is 17.9 Å². The number of hydrogen-bond acceptors (Lipinski definition) is 6. The molecule has 29 heavy (non-hydrogen) atoms. The van der Waals surface area contributed by atoms with Crippen LogP contribution in [0.2, 0.25) is 0 Å². The number of amides is 1. The molecule has 0 spiro atoms. The lowest BCUT2D eigenvalue weighted by molar-refractivity contribution is -0.131. The highest BCUT2D eigenvalue weighted by Gasteiger charge is 2.28. The Labute approximate surface area is 169 Å². The number of nitrogens with zero attached hydrogens (tertiary/aromatic N) is 6. The molecule has 1 unspecified atom stereocenters. The minimum Gasteiger partial charge on any atom is -0.370 e. The van der Waals surface area contributed by atoms with Crippen LogP contribution < -0.4 is 5.32 Å². The molecule has 3 aromatic rings. The first-order chi connectivity index (χ1) is 14.3. The molecule has 5 rings (SSSR count). The number of carbonyl (C=O) groups excluding carboxylic acids is 1. The van der Waals surface area contributed by atoms with E-state index in [1.165, 1.54) is 17.5 Å². The summed E-state index contributed by atoms with van der Waals surface area (Å²) in [7, 11) is 0. The Morgan fingerprint density at radius 1 is 1.14 bits per heavy atom. The van der Waals surface area contributed by atoms with Crippen molar-refractivity contribution in [3.63, 3.8) is 0 Å². The Kier molecular flexibility index (Phi) is 4.85. The minimum absolute atomic E-state index is 0.256. The summed E-state index contributed by atoms with van der Waals surface area (Å²) >= 11 is 0. The SMILES string of the molecule is O=C(CN1Cc2ccccc2C1)N1CCC(CCNc2ccnc3ncnn23)C1. The van der Waals surface area contributed by atoms with Gasteiger partial charge in [-0.1, -0.05) is 24.3 Å². The largest absolute Gasteiger partial charge is 0.370 e. The second-order valence-electron chi connectivity index (χ2n) is 7.93. The van der Waals surface area contributed by atoms with E-state index in [1.54, 1.807) is 10.7 Å². The molecule has 2 aliphatic heterocycles. The molecule has 150 valence electrons. The van der Waals surface area contributed by atoms with E-state index in [0.29, 0.717) is 18.2 Å². The van der Waals surface area contributed by atoms with Gasteiger partial charge in [0.15, 0.2) is 0 Å². The summed E-state index contributed by atoms with van der Waals surface area (Å²) in [6.45, 7) is 4.84. The summed E-state index contributed by atoms with van der Waals surface area (Å²) in [5.41, 5.74) is 2.70. The molecule has 1 atom stereocenters. The summed E-state index contributed by atoms with van der Waals surface area (Å²) in [4.78, 5) is 25.3. The van der Waals surface area contributed by atoms with Crippen LogP contribution in [0.25, 0.3) is 5.78 Å². The molecule has 2 aliphatic rings. The van der Waals surface area contributed by atoms with Crippen molar-refractivity contribution < 1.29 is 4.79 Å². The van der Waals surface area contributed by atoms with Gasteiger partial charge in [-0.3, -0.25) is 9.69 Å². The quantitative estimate of drug-likeness (QED) is 0.690. The number of benzene rings is 1. The monoisotopic (exact) mass is 391 g/mol. The van der Waals surface area contributed by atoms with Gasteiger partial charge < -0.3 is 10.2 Å². The van der Waals surface area contributed by atoms with Crippen molar-refractivity contribution in [3.05, 3.63) is 54.0 Å². The zero-order valence-corrected chi connectivity index (χ0v) is 16.4. The lowest BCUT2D eigenvalue weighted by Crippen LogP contribution is -2.37. The molecule has 1 N–H and O–H groups in total. The van der Waals surface area contributed by atoms with Crippen LogP contribution in [0.15, 0.2) is 42.9 Å². The van der Waals surface area contributed by atoms with Crippen molar-refractivity contribution in [3.8, 4) is 0 Å². The van der Waals surface area contributed by atoms with Crippen LogP contribution in [0.1, 0.15) is 24.0 Å². The molecular formula is C21H25N7O. The van der Waals surface area contributed by atoms with Crippen LogP contribution in [0.4, 0.5) is 5.82 Å². The predicted octanol–water partition coefficient (Wildman–Crippen LogP) is 1.79. The first-order valence-electron chi connectivity index (χ1n) is 10.2. The fourth-order valence-corrected chi connectivity index (χ4v) is 4.38. The van der Waals surface area contributed by atoms with Gasteiger partial charge in [0.05, 0.1) is 6.54 Å². The molecular weight excluding hydrogens is 366 g/mol. The molecule has 1 saturated heterocycles. The van der Waals surface area contributed by atoms with E-state index in [4.69, 9.17) is 0 Å². The summed E-state index contributed by atoms with van der Waals surface area (Å²) in [6, 6.07) is 10.4. The van der Waals surface area contributed by atoms with Gasteiger partial charge in [-0.25, -0.2) is 4.98 Å². The molecule has 0 radical (unpaired) electrons. The fourth-order valence-electron chi connectivity index (χ4n) is 4.38. The number of rotatable bonds is 6. The highest BCUT2D eigenvalue weighted by Crippen LogP contribution is 2.24. The number of likely N-dealkylation sites (tertiary alicyclic amines) is 1. The Morgan fingerprint density at radius 3 is 2.79 bits per heavy atom. The van der Waals surface area contributed by atoms with Crippen molar-refractivity contribution in [2.75, 3.05) is 31.5 Å². The van der Waals surface area contributed by atoms with Crippen molar-refractivity contribution in [1.29, 1.82) is 0 Å². The summed E-state index contributed by atoms with van der Waals surface area (Å²) in [5, 5.41) is 7.61. The first-order valence-corrected chi connectivity index (χ1v) is 10.2. The van der Waals surface area contributed by atoms with Crippen LogP contribution in [0.5, 0.6) is 0 Å². The highest BCUT2D eigenvalue weighted by molar-refractivity contribution is 5.78. The zero-order chi connectivity index (χ0) is 19.6. The molecule has 0 saturated carbocycles. The van der Waals surface area contributed by atoms with Gasteiger partial charge in [0.2, 0.25) is 5.91 Å². The lowest BCUT2D eigenvalue weighted by atomic mass is 10.1. The van der Waals surface area contributed by atoms with Gasteiger partial charge in [-0.2, -0.15) is 14.6 Å². The van der Waals surface area contributed by atoms with Crippen molar-refractivity contribution in [2.24, 2.45) is 5.92 Å². The van der Waals surface area contributed by atoms with Crippen LogP contribution in [-0.4, -0.2) is 61.5 Å². The van der Waals surface area contributed by atoms with E-state index in [9.17, 15) is 4.79 Å². The molecule has 2 aromatic heterocycles. The van der Waals surface area contributed by atoms with E-state index >= 15 is 0 Å². The number of carbonyl (C=O) groups is 1. The molecule has 1 fully saturated rings. The van der Waals surface area contributed by atoms with Gasteiger partial charge in [-0.05, 0) is 36.0 Å². The van der Waals surface area contributed by atoms with Crippen molar-refractivity contribution in [1.82, 2.24) is 29.4 Å². The Bertz CT molecular complexity index is 992. The standard InChI is InChI=1S/C21H25N7O/c29-20(14-26-12-17-3-1-2-4-18(17)13-26)27-10-7-16(11-27)5-8-22-19-6-9-23-21-24-15-25-28(19)21/h1-4,6,9,15-16,22H,5,7-8,10-14H2. The fraction of sp³-hybridized carbons (Fsp3) is 0.429. The van der Waals surface area contributed by atoms with Gasteiger partial charge in [0, 0.05) is 38.9 Å². The molecule has 8 heteroatoms. The van der Waals surface area contributed by atoms with Gasteiger partial charge >= 0.3 is 0 Å². The van der Waals surface area contributed by atoms with Gasteiger partial charge in [0.25, 0.3) is 5.78 Å². The molecule has 0 bridgehead atoms. The normalized spacial score (nSPS) is 19.0. The number of aromatic nitrogens is 4. The van der Waals surface area contributed by atoms with E-state index in [0.717, 1.165) is 51.4 Å². The second kappa shape index (κ2) is 7.79. The third-order valence-corrected chi connectivity index (χ3v) is 5.94. The Morgan fingerprint density at radius 2 is 1.97 bits per heavy atom. The lowest BCUT2D eigenvalue weighted by Gasteiger charge is -2.21. The van der Waals surface area contributed by atoms with Gasteiger partial charge in [0.1, 0.15) is 12.1 Å². The van der Waals surface area contributed by atoms with Crippen molar-refractivity contribution >= 4 is 17.5 Å². The molecule has 8 nitrogen and oxygen atoms in total. The number of anilines is 1. The van der Waals surface area contributed by atoms with E-state index < -0.39 is 0 Å². The third kappa shape index (κ3) is 3.80. The number of nitrogens with one attached hydrogen (secondary N) is 1. The molecule has 1 aromatic carbocycles. The van der Waals surface area contributed by atoms with Crippen LogP contribution in [0.3, 0.4) is 0 Å². The Hall–Kier alpha value is -3.00. The summed E-state index contributed by atoms with van der Waals surface area (Å²) in [5.74, 6) is 2.28. The molecule has 0 aliphatic carbocycles. The average molecular weight is 391 g/mol. The van der Waals surface area contributed by atoms with Gasteiger partial charge in [-0.15, -0.1) is 0 Å². The smallest absolute Gasteiger partial charge is 0.254 e. The minimum atomic E-state index is 0.256. The summed E-state index contributed by atoms with van der Waals surface area (Å²) in [6.07, 6.45) is 5.34. The van der Waals surface area contributed by atoms with Crippen LogP contribution >= 0.6 is 0 Å². The number of fused-ring (bicyclic) bond motifs is 2. The topological polar surface area (TPSA) is 78.7 Å². The number of hydrogen-bond donors (Lipinski definition) is 1. The van der Waals surface area contributed by atoms with E-state index in [1.807, 2.05) is 11.0 Å². The summed E-state index contributed by atoms with van der Waals surface area (Å²) < 4.78 is 1.71. The average Bonchev–Trinajstić information content (AvgIpc) is 3.47. The van der Waals surface area contributed by atoms with Crippen molar-refractivity contribution in [2.45, 2.75) is 25.9 Å². The maximum atomic E-state index is 12.8. The Balaban J connectivity index is 1.08. The van der Waals surface area contributed by atoms with E-state index in [2.05, 4.69) is 49.5 Å². The zero-order valence-electron chi connectivity index (χ0n) is 16.4. The van der Waals surface area contributed by atoms with E-state index in [-0.39, 0.29) is 5.91 Å². The molecule has 4 heterocycles. The maximum Gasteiger partial charge on any atom is 0.254 e. The first kappa shape index (κ1) is 18.1. The second-order valence-corrected chi connectivity index (χ2v) is 7.93. The highest BCUT2D eigenvalue weighted by atomic mass is 16.2. The third-order valence-electron chi connectivity index (χ3n) is 5.94. The molecule has 1 amide bonds. The predicted molar refractivity (Wildman–Crippen MR) is 109 cm³/mol. The van der Waals surface area contributed by atoms with Crippen LogP contribution in [0, 0.1) is 5.92 Å².